The molecule has 0 aromatic carbocycles. The lowest BCUT2D eigenvalue weighted by atomic mass is 9.47. The Kier molecular flexibility index (Phi) is 13.6. The molecule has 0 spiro atoms. The van der Waals surface area contributed by atoms with E-state index in [2.05, 4.69) is 81.4 Å². The van der Waals surface area contributed by atoms with Crippen LogP contribution in [0.2, 0.25) is 0 Å². The quantitative estimate of drug-likeness (QED) is 0.0874. The van der Waals surface area contributed by atoms with Gasteiger partial charge in [0.2, 0.25) is 0 Å². The first-order valence-corrected chi connectivity index (χ1v) is 20.0. The van der Waals surface area contributed by atoms with Crippen LogP contribution in [0.4, 0.5) is 0 Å². The summed E-state index contributed by atoms with van der Waals surface area (Å²) >= 11 is 0. The van der Waals surface area contributed by atoms with E-state index in [1.54, 1.807) is 0 Å². The Hall–Kier alpha value is -2.67. The minimum Gasteiger partial charge on any atom is -0.462 e. The molecule has 4 aliphatic rings. The van der Waals surface area contributed by atoms with Gasteiger partial charge in [0.05, 0.1) is 6.61 Å². The van der Waals surface area contributed by atoms with E-state index in [9.17, 15) is 19.5 Å². The Morgan fingerprint density at radius 2 is 1.19 bits per heavy atom. The van der Waals surface area contributed by atoms with Gasteiger partial charge in [0.25, 0.3) is 0 Å². The highest BCUT2D eigenvalue weighted by Crippen LogP contribution is 2.62. The van der Waals surface area contributed by atoms with E-state index in [0.717, 1.165) is 64.2 Å². The summed E-state index contributed by atoms with van der Waals surface area (Å²) < 4.78 is 17.4. The van der Waals surface area contributed by atoms with Crippen LogP contribution in [0.5, 0.6) is 0 Å². The molecule has 0 saturated heterocycles. The van der Waals surface area contributed by atoms with Crippen LogP contribution in [0.15, 0.2) is 46.6 Å². The molecular formula is C45H70O7. The van der Waals surface area contributed by atoms with Gasteiger partial charge < -0.3 is 19.3 Å². The number of ether oxygens (including phenoxy) is 3. The standard InChI is InChI=1S/C45H70O7/c1-29(22-26-46)12-16-34-31(3)15-19-37-43(8,9)39(21-25-45(34,37)11)52-41(49)28-40(48)50-27-23-30(2)13-17-35-32(4)14-18-36-42(6,7)38(51-33(5)47)20-24-44(35,36)10/h14-15,22-23,34-39,46H,12-13,16-21,24-28H2,1-11H3/b29-22+,30-23+/t34-,35-,36-,37-,38+,39+,44+,45+/m1/s1. The van der Waals surface area contributed by atoms with Gasteiger partial charge >= 0.3 is 17.9 Å². The summed E-state index contributed by atoms with van der Waals surface area (Å²) in [6.07, 6.45) is 17.5. The minimum atomic E-state index is -0.553. The molecule has 2 saturated carbocycles. The van der Waals surface area contributed by atoms with Gasteiger partial charge in [-0.3, -0.25) is 14.4 Å². The third-order valence-electron chi connectivity index (χ3n) is 14.6. The van der Waals surface area contributed by atoms with E-state index in [0.29, 0.717) is 23.7 Å². The first kappa shape index (κ1) is 42.1. The van der Waals surface area contributed by atoms with Gasteiger partial charge in [-0.1, -0.05) is 82.1 Å². The molecule has 8 atom stereocenters. The van der Waals surface area contributed by atoms with E-state index in [1.165, 1.54) is 29.2 Å². The van der Waals surface area contributed by atoms with Crippen molar-refractivity contribution in [3.8, 4) is 0 Å². The zero-order valence-corrected chi connectivity index (χ0v) is 34.4. The molecule has 4 rings (SSSR count). The predicted molar refractivity (Wildman–Crippen MR) is 207 cm³/mol. The number of aliphatic hydroxyl groups excluding tert-OH is 1. The van der Waals surface area contributed by atoms with Crippen LogP contribution in [0, 0.1) is 45.3 Å². The molecule has 0 aromatic rings. The summed E-state index contributed by atoms with van der Waals surface area (Å²) in [6.45, 7) is 24.3. The molecule has 2 fully saturated rings. The predicted octanol–water partition coefficient (Wildman–Crippen LogP) is 10.0. The average molecular weight is 723 g/mol. The van der Waals surface area contributed by atoms with Gasteiger partial charge in [-0.2, -0.15) is 0 Å². The van der Waals surface area contributed by atoms with Gasteiger partial charge in [-0.05, 0) is 132 Å². The summed E-state index contributed by atoms with van der Waals surface area (Å²) in [4.78, 5) is 37.7. The maximum Gasteiger partial charge on any atom is 0.317 e. The maximum absolute atomic E-state index is 13.1. The Labute approximate surface area is 315 Å². The van der Waals surface area contributed by atoms with E-state index in [1.807, 2.05) is 12.2 Å². The van der Waals surface area contributed by atoms with Crippen molar-refractivity contribution in [2.45, 2.75) is 159 Å². The highest BCUT2D eigenvalue weighted by molar-refractivity contribution is 5.91. The summed E-state index contributed by atoms with van der Waals surface area (Å²) in [5.41, 5.74) is 5.17. The fourth-order valence-corrected chi connectivity index (χ4v) is 11.5. The number of fused-ring (bicyclic) bond motifs is 2. The lowest BCUT2D eigenvalue weighted by Crippen LogP contribution is -2.55. The third-order valence-corrected chi connectivity index (χ3v) is 14.6. The van der Waals surface area contributed by atoms with Crippen molar-refractivity contribution in [2.75, 3.05) is 13.2 Å². The SMILES string of the molecule is CC(=O)O[C@H]1CC[C@@]2(C)[C@H](CC/C(C)=C/COC(=O)CC(=O)O[C@H]3CC[C@@]4(C)[C@H](CC/C(C)=C/CO)C(C)=CC[C@@H]4C3(C)C)C(C)=CC[C@@H]2C1(C)C. The number of allylic oxidation sites excluding steroid dienone is 6. The summed E-state index contributed by atoms with van der Waals surface area (Å²) in [5, 5.41) is 9.32. The van der Waals surface area contributed by atoms with Gasteiger partial charge in [-0.15, -0.1) is 0 Å². The van der Waals surface area contributed by atoms with Crippen molar-refractivity contribution in [2.24, 2.45) is 45.3 Å². The van der Waals surface area contributed by atoms with Gasteiger partial charge in [0, 0.05) is 17.8 Å². The van der Waals surface area contributed by atoms with Gasteiger partial charge in [0.15, 0.2) is 0 Å². The molecule has 0 bridgehead atoms. The number of hydrogen-bond donors (Lipinski definition) is 1. The summed E-state index contributed by atoms with van der Waals surface area (Å²) in [6, 6.07) is 0. The highest BCUT2D eigenvalue weighted by Gasteiger charge is 2.57. The smallest absolute Gasteiger partial charge is 0.317 e. The van der Waals surface area contributed by atoms with Gasteiger partial charge in [0.1, 0.15) is 25.2 Å². The molecule has 0 aliphatic heterocycles. The fourth-order valence-electron chi connectivity index (χ4n) is 11.5. The number of esters is 3. The van der Waals surface area contributed by atoms with Crippen molar-refractivity contribution in [3.05, 3.63) is 46.6 Å². The Morgan fingerprint density at radius 3 is 1.65 bits per heavy atom. The largest absolute Gasteiger partial charge is 0.462 e. The highest BCUT2D eigenvalue weighted by atomic mass is 16.6. The Morgan fingerprint density at radius 1 is 0.731 bits per heavy atom. The van der Waals surface area contributed by atoms with Crippen LogP contribution in [-0.2, 0) is 28.6 Å². The second-order valence-electron chi connectivity index (χ2n) is 18.6. The number of hydrogen-bond acceptors (Lipinski definition) is 7. The summed E-state index contributed by atoms with van der Waals surface area (Å²) in [5.74, 6) is 0.398. The lowest BCUT2D eigenvalue weighted by Gasteiger charge is -2.59. The normalized spacial score (nSPS) is 34.2. The Bertz CT molecular complexity index is 1440. The van der Waals surface area contributed by atoms with E-state index >= 15 is 0 Å². The van der Waals surface area contributed by atoms with E-state index in [4.69, 9.17) is 14.2 Å². The maximum atomic E-state index is 13.1. The molecule has 0 amide bonds. The molecule has 52 heavy (non-hydrogen) atoms. The molecule has 0 aromatic heterocycles. The van der Waals surface area contributed by atoms with Crippen LogP contribution in [-0.4, -0.2) is 48.4 Å². The molecule has 0 unspecified atom stereocenters. The molecule has 4 aliphatic carbocycles. The molecule has 0 radical (unpaired) electrons. The number of carbonyl (C=O) groups excluding carboxylic acids is 3. The van der Waals surface area contributed by atoms with Crippen LogP contribution >= 0.6 is 0 Å². The molecule has 7 heteroatoms. The van der Waals surface area contributed by atoms with Crippen molar-refractivity contribution in [1.82, 2.24) is 0 Å². The van der Waals surface area contributed by atoms with Gasteiger partial charge in [-0.25, -0.2) is 0 Å². The molecule has 292 valence electrons. The third kappa shape index (κ3) is 8.99. The van der Waals surface area contributed by atoms with Crippen molar-refractivity contribution in [3.63, 3.8) is 0 Å². The number of aliphatic hydroxyl groups is 1. The fraction of sp³-hybridized carbons (Fsp3) is 0.756. The lowest BCUT2D eigenvalue weighted by molar-refractivity contribution is -0.177. The molecular weight excluding hydrogens is 652 g/mol. The van der Waals surface area contributed by atoms with Crippen LogP contribution in [0.1, 0.15) is 147 Å². The minimum absolute atomic E-state index is 0.0542. The van der Waals surface area contributed by atoms with Crippen molar-refractivity contribution in [1.29, 1.82) is 0 Å². The number of rotatable bonds is 13. The topological polar surface area (TPSA) is 99.1 Å². The van der Waals surface area contributed by atoms with Crippen molar-refractivity contribution >= 4 is 17.9 Å². The average Bonchev–Trinajstić information content (AvgIpc) is 3.03. The second-order valence-corrected chi connectivity index (χ2v) is 18.6. The zero-order valence-electron chi connectivity index (χ0n) is 34.4. The van der Waals surface area contributed by atoms with Crippen molar-refractivity contribution < 1.29 is 33.7 Å². The molecule has 7 nitrogen and oxygen atoms in total. The van der Waals surface area contributed by atoms with Crippen LogP contribution < -0.4 is 0 Å². The molecule has 0 heterocycles. The van der Waals surface area contributed by atoms with E-state index in [-0.39, 0.29) is 59.5 Å². The first-order chi connectivity index (χ1) is 24.3. The van der Waals surface area contributed by atoms with Crippen LogP contribution in [0.25, 0.3) is 0 Å². The zero-order chi connectivity index (χ0) is 38.6. The first-order valence-electron chi connectivity index (χ1n) is 20.0. The second kappa shape index (κ2) is 16.8. The Balaban J connectivity index is 1.27. The number of carbonyl (C=O) groups is 3. The monoisotopic (exact) mass is 723 g/mol. The molecule has 1 N–H and O–H groups in total. The van der Waals surface area contributed by atoms with Crippen LogP contribution in [0.3, 0.4) is 0 Å². The summed E-state index contributed by atoms with van der Waals surface area (Å²) in [7, 11) is 0. The van der Waals surface area contributed by atoms with E-state index < -0.39 is 11.9 Å².